The Hall–Kier alpha value is -0.760. The molecule has 0 radical (unpaired) electrons. The molecule has 2 aromatic rings. The first-order valence-electron chi connectivity index (χ1n) is 5.63. The maximum atomic E-state index is 11.7. The molecule has 0 bridgehead atoms. The van der Waals surface area contributed by atoms with Crippen LogP contribution in [-0.4, -0.2) is 22.0 Å². The minimum absolute atomic E-state index is 0.329. The Bertz CT molecular complexity index is 622. The molecule has 94 valence electrons. The first-order chi connectivity index (χ1) is 8.74. The number of ether oxygens (including phenoxy) is 1. The predicted octanol–water partition coefficient (Wildman–Crippen LogP) is 3.55. The molecule has 0 N–H and O–H groups in total. The Morgan fingerprint density at radius 2 is 2.33 bits per heavy atom. The number of methoxy groups -OCH3 is 1. The number of carbonyl (C=O) groups excluding carboxylic acids is 1. The second-order valence-corrected chi connectivity index (χ2v) is 6.02. The van der Waals surface area contributed by atoms with E-state index in [1.54, 1.807) is 6.07 Å². The van der Waals surface area contributed by atoms with Gasteiger partial charge >= 0.3 is 5.97 Å². The monoisotopic (exact) mass is 374 g/mol. The van der Waals surface area contributed by atoms with Crippen LogP contribution in [0.3, 0.4) is 0 Å². The Balaban J connectivity index is 2.17. The number of nitrogens with zero attached hydrogens (tertiary/aromatic N) is 2. The highest BCUT2D eigenvalue weighted by Gasteiger charge is 2.25. The number of carbonyl (C=O) groups is 1. The van der Waals surface area contributed by atoms with Crippen molar-refractivity contribution in [2.45, 2.75) is 18.8 Å². The Kier molecular flexibility index (Phi) is 3.23. The second-order valence-electron chi connectivity index (χ2n) is 4.33. The lowest BCUT2D eigenvalue weighted by molar-refractivity contribution is 0.0594. The van der Waals surface area contributed by atoms with E-state index in [-0.39, 0.29) is 5.97 Å². The van der Waals surface area contributed by atoms with Crippen molar-refractivity contribution in [3.63, 3.8) is 0 Å². The zero-order valence-corrected chi connectivity index (χ0v) is 12.7. The molecular formula is C12H11IN2O2S. The number of esters is 1. The van der Waals surface area contributed by atoms with Gasteiger partial charge in [-0.25, -0.2) is 4.79 Å². The number of aromatic nitrogens is 2. The fourth-order valence-corrected chi connectivity index (χ4v) is 3.73. The lowest BCUT2D eigenvalue weighted by atomic mass is 10.2. The van der Waals surface area contributed by atoms with E-state index in [0.29, 0.717) is 11.6 Å². The third-order valence-electron chi connectivity index (χ3n) is 3.14. The van der Waals surface area contributed by atoms with Gasteiger partial charge in [0.2, 0.25) is 0 Å². The van der Waals surface area contributed by atoms with E-state index in [1.807, 2.05) is 10.2 Å². The smallest absolute Gasteiger partial charge is 0.355 e. The lowest BCUT2D eigenvalue weighted by Crippen LogP contribution is -2.05. The standard InChI is InChI=1S/C12H11IN2O2S/c1-17-12(16)11-5-9-10(15(11)18-13)4-8(6-14-9)7-2-3-7/h4-7H,2-3H2,1H3. The molecule has 1 saturated carbocycles. The van der Waals surface area contributed by atoms with Gasteiger partial charge in [0.05, 0.1) is 18.1 Å². The van der Waals surface area contributed by atoms with Crippen molar-refractivity contribution in [1.29, 1.82) is 0 Å². The summed E-state index contributed by atoms with van der Waals surface area (Å²) in [6.45, 7) is 0. The minimum atomic E-state index is -0.329. The fourth-order valence-electron chi connectivity index (χ4n) is 2.03. The van der Waals surface area contributed by atoms with Crippen LogP contribution in [0.4, 0.5) is 0 Å². The number of pyridine rings is 1. The largest absolute Gasteiger partial charge is 0.464 e. The van der Waals surface area contributed by atoms with Gasteiger partial charge < -0.3 is 4.74 Å². The highest BCUT2D eigenvalue weighted by Crippen LogP contribution is 2.41. The highest BCUT2D eigenvalue weighted by molar-refractivity contribution is 14.2. The molecule has 0 aliphatic heterocycles. The van der Waals surface area contributed by atoms with E-state index in [1.165, 1.54) is 34.6 Å². The molecule has 18 heavy (non-hydrogen) atoms. The molecule has 2 aromatic heterocycles. The van der Waals surface area contributed by atoms with Crippen LogP contribution < -0.4 is 0 Å². The van der Waals surface area contributed by atoms with Crippen molar-refractivity contribution in [2.75, 3.05) is 7.11 Å². The summed E-state index contributed by atoms with van der Waals surface area (Å²) in [5.41, 5.74) is 3.62. The van der Waals surface area contributed by atoms with Gasteiger partial charge in [-0.1, -0.05) is 0 Å². The van der Waals surface area contributed by atoms with E-state index >= 15 is 0 Å². The number of hydrogen-bond donors (Lipinski definition) is 0. The molecule has 0 aromatic carbocycles. The van der Waals surface area contributed by atoms with E-state index in [2.05, 4.69) is 32.3 Å². The van der Waals surface area contributed by atoms with Crippen LogP contribution in [0, 0.1) is 0 Å². The van der Waals surface area contributed by atoms with E-state index < -0.39 is 0 Å². The third-order valence-corrected chi connectivity index (χ3v) is 4.85. The topological polar surface area (TPSA) is 44.1 Å². The van der Waals surface area contributed by atoms with Crippen LogP contribution >= 0.6 is 30.3 Å². The Morgan fingerprint density at radius 1 is 1.56 bits per heavy atom. The van der Waals surface area contributed by atoms with Crippen LogP contribution in [-0.2, 0) is 4.74 Å². The SMILES string of the molecule is COC(=O)c1cc2ncc(C3CC3)cc2n1SI. The van der Waals surface area contributed by atoms with Gasteiger partial charge in [0, 0.05) is 36.5 Å². The number of hydrogen-bond acceptors (Lipinski definition) is 4. The molecule has 1 aliphatic carbocycles. The molecule has 6 heteroatoms. The molecule has 0 amide bonds. The quantitative estimate of drug-likeness (QED) is 0.609. The summed E-state index contributed by atoms with van der Waals surface area (Å²) in [5, 5.41) is 0. The van der Waals surface area contributed by atoms with Crippen molar-refractivity contribution in [2.24, 2.45) is 0 Å². The summed E-state index contributed by atoms with van der Waals surface area (Å²) in [7, 11) is 2.86. The van der Waals surface area contributed by atoms with Crippen LogP contribution in [0.1, 0.15) is 34.8 Å². The molecule has 2 heterocycles. The average Bonchev–Trinajstić information content (AvgIpc) is 3.18. The second kappa shape index (κ2) is 4.73. The summed E-state index contributed by atoms with van der Waals surface area (Å²) >= 11 is 2.16. The van der Waals surface area contributed by atoms with Gasteiger partial charge in [-0.3, -0.25) is 8.96 Å². The van der Waals surface area contributed by atoms with Gasteiger partial charge in [0.25, 0.3) is 0 Å². The van der Waals surface area contributed by atoms with Crippen molar-refractivity contribution in [3.05, 3.63) is 29.6 Å². The van der Waals surface area contributed by atoms with Gasteiger partial charge in [-0.15, -0.1) is 0 Å². The maximum absolute atomic E-state index is 11.7. The average molecular weight is 374 g/mol. The van der Waals surface area contributed by atoms with Crippen molar-refractivity contribution in [1.82, 2.24) is 8.96 Å². The van der Waals surface area contributed by atoms with Crippen molar-refractivity contribution < 1.29 is 9.53 Å². The zero-order valence-electron chi connectivity index (χ0n) is 9.72. The molecule has 0 spiro atoms. The van der Waals surface area contributed by atoms with Gasteiger partial charge in [-0.2, -0.15) is 0 Å². The molecule has 0 saturated heterocycles. The van der Waals surface area contributed by atoms with Crippen molar-refractivity contribution in [3.8, 4) is 0 Å². The molecule has 1 fully saturated rings. The highest BCUT2D eigenvalue weighted by atomic mass is 127. The molecular weight excluding hydrogens is 363 g/mol. The lowest BCUT2D eigenvalue weighted by Gasteiger charge is -2.04. The molecule has 0 unspecified atom stereocenters. The van der Waals surface area contributed by atoms with Crippen LogP contribution in [0.5, 0.6) is 0 Å². The number of rotatable bonds is 3. The van der Waals surface area contributed by atoms with E-state index in [9.17, 15) is 4.79 Å². The zero-order chi connectivity index (χ0) is 12.7. The van der Waals surface area contributed by atoms with Gasteiger partial charge in [0.15, 0.2) is 0 Å². The van der Waals surface area contributed by atoms with Crippen LogP contribution in [0.15, 0.2) is 18.3 Å². The normalized spacial score (nSPS) is 15.0. The predicted molar refractivity (Wildman–Crippen MR) is 80.1 cm³/mol. The fraction of sp³-hybridized carbons (Fsp3) is 0.333. The van der Waals surface area contributed by atoms with Gasteiger partial charge in [0.1, 0.15) is 5.69 Å². The third kappa shape index (κ3) is 2.01. The maximum Gasteiger partial charge on any atom is 0.355 e. The Labute approximate surface area is 121 Å². The first-order valence-corrected chi connectivity index (χ1v) is 8.95. The van der Waals surface area contributed by atoms with Crippen LogP contribution in [0.25, 0.3) is 11.0 Å². The first kappa shape index (κ1) is 12.3. The Morgan fingerprint density at radius 3 is 2.94 bits per heavy atom. The number of fused-ring (bicyclic) bond motifs is 1. The van der Waals surface area contributed by atoms with Crippen LogP contribution in [0.2, 0.25) is 0 Å². The number of halogens is 1. The molecule has 0 atom stereocenters. The summed E-state index contributed by atoms with van der Waals surface area (Å²) in [4.78, 5) is 16.1. The van der Waals surface area contributed by atoms with E-state index in [4.69, 9.17) is 4.74 Å². The molecule has 3 rings (SSSR count). The van der Waals surface area contributed by atoms with E-state index in [0.717, 1.165) is 11.0 Å². The van der Waals surface area contributed by atoms with Gasteiger partial charge in [-0.05, 0) is 36.5 Å². The summed E-state index contributed by atoms with van der Waals surface area (Å²) < 4.78 is 6.67. The summed E-state index contributed by atoms with van der Waals surface area (Å²) in [5.74, 6) is 0.330. The molecule has 4 nitrogen and oxygen atoms in total. The summed E-state index contributed by atoms with van der Waals surface area (Å²) in [6, 6.07) is 3.92. The molecule has 1 aliphatic rings. The minimum Gasteiger partial charge on any atom is -0.464 e. The summed E-state index contributed by atoms with van der Waals surface area (Å²) in [6.07, 6.45) is 4.41. The van der Waals surface area contributed by atoms with Crippen molar-refractivity contribution >= 4 is 47.3 Å².